The Morgan fingerprint density at radius 1 is 1.21 bits per heavy atom. The van der Waals surface area contributed by atoms with Gasteiger partial charge in [-0.05, 0) is 12.3 Å². The van der Waals surface area contributed by atoms with E-state index in [1.807, 2.05) is 5.43 Å². The van der Waals surface area contributed by atoms with Crippen LogP contribution >= 0.6 is 0 Å². The number of nitrogens with one attached hydrogen (secondary N) is 2. The molecule has 4 nitrogen and oxygen atoms in total. The van der Waals surface area contributed by atoms with Gasteiger partial charge in [0.2, 0.25) is 0 Å². The summed E-state index contributed by atoms with van der Waals surface area (Å²) in [6.07, 6.45) is 6.06. The lowest BCUT2D eigenvalue weighted by atomic mass is 10.0. The first-order chi connectivity index (χ1) is 6.66. The second-order valence-electron chi connectivity index (χ2n) is 4.00. The third kappa shape index (κ3) is 9.32. The molecule has 4 N–H and O–H groups in total. The maximum atomic E-state index is 10.6. The smallest absolute Gasteiger partial charge is 0.328 e. The first-order valence-corrected chi connectivity index (χ1v) is 5.41. The summed E-state index contributed by atoms with van der Waals surface area (Å²) in [5, 5.41) is 2.66. The van der Waals surface area contributed by atoms with Gasteiger partial charge in [0.25, 0.3) is 0 Å². The molecule has 0 atom stereocenters. The van der Waals surface area contributed by atoms with E-state index in [9.17, 15) is 4.79 Å². The van der Waals surface area contributed by atoms with Crippen LogP contribution in [0, 0.1) is 5.92 Å². The molecular formula is C10H23N3O. The van der Waals surface area contributed by atoms with Crippen LogP contribution in [-0.2, 0) is 0 Å². The number of amides is 2. The molecule has 0 aromatic carbocycles. The number of rotatable bonds is 7. The molecule has 0 aliphatic rings. The van der Waals surface area contributed by atoms with E-state index in [1.165, 1.54) is 25.7 Å². The van der Waals surface area contributed by atoms with Crippen molar-refractivity contribution in [3.63, 3.8) is 0 Å². The van der Waals surface area contributed by atoms with E-state index in [2.05, 4.69) is 19.2 Å². The maximum Gasteiger partial charge on any atom is 0.328 e. The van der Waals surface area contributed by atoms with Gasteiger partial charge in [0, 0.05) is 6.54 Å². The summed E-state index contributed by atoms with van der Waals surface area (Å²) in [5.74, 6) is 5.71. The normalized spacial score (nSPS) is 10.3. The number of unbranched alkanes of at least 4 members (excludes halogenated alkanes) is 3. The molecule has 14 heavy (non-hydrogen) atoms. The van der Waals surface area contributed by atoms with Gasteiger partial charge in [0.1, 0.15) is 0 Å². The molecule has 0 radical (unpaired) electrons. The van der Waals surface area contributed by atoms with Crippen molar-refractivity contribution in [3.05, 3.63) is 0 Å². The third-order valence-electron chi connectivity index (χ3n) is 2.12. The molecule has 0 fully saturated rings. The van der Waals surface area contributed by atoms with E-state index in [0.717, 1.165) is 12.3 Å². The fourth-order valence-electron chi connectivity index (χ4n) is 1.28. The highest BCUT2D eigenvalue weighted by Gasteiger charge is 1.96. The number of nitrogens with two attached hydrogens (primary N) is 1. The van der Waals surface area contributed by atoms with Gasteiger partial charge in [0.15, 0.2) is 0 Å². The number of hydrazine groups is 1. The van der Waals surface area contributed by atoms with Gasteiger partial charge in [-0.1, -0.05) is 39.5 Å². The van der Waals surface area contributed by atoms with Gasteiger partial charge in [-0.25, -0.2) is 10.6 Å². The van der Waals surface area contributed by atoms with Crippen molar-refractivity contribution in [3.8, 4) is 0 Å². The molecular weight excluding hydrogens is 178 g/mol. The van der Waals surface area contributed by atoms with Crippen molar-refractivity contribution in [1.82, 2.24) is 10.7 Å². The highest BCUT2D eigenvalue weighted by Crippen LogP contribution is 2.08. The van der Waals surface area contributed by atoms with Gasteiger partial charge in [-0.15, -0.1) is 0 Å². The van der Waals surface area contributed by atoms with E-state index in [0.29, 0.717) is 6.54 Å². The molecule has 0 heterocycles. The maximum absolute atomic E-state index is 10.6. The number of hydrogen-bond acceptors (Lipinski definition) is 2. The number of hydrogen-bond donors (Lipinski definition) is 3. The number of carbonyl (C=O) groups is 1. The Morgan fingerprint density at radius 2 is 1.86 bits per heavy atom. The number of carbonyl (C=O) groups excluding carboxylic acids is 1. The van der Waals surface area contributed by atoms with Crippen LogP contribution in [0.4, 0.5) is 4.79 Å². The van der Waals surface area contributed by atoms with Gasteiger partial charge >= 0.3 is 6.03 Å². The first-order valence-electron chi connectivity index (χ1n) is 5.41. The van der Waals surface area contributed by atoms with Crippen LogP contribution in [0.2, 0.25) is 0 Å². The lowest BCUT2D eigenvalue weighted by Gasteiger charge is -2.05. The summed E-state index contributed by atoms with van der Waals surface area (Å²) in [6, 6.07) is -0.299. The second kappa shape index (κ2) is 8.81. The van der Waals surface area contributed by atoms with Crippen LogP contribution in [0.5, 0.6) is 0 Å². The summed E-state index contributed by atoms with van der Waals surface area (Å²) in [7, 11) is 0. The largest absolute Gasteiger partial charge is 0.337 e. The van der Waals surface area contributed by atoms with E-state index >= 15 is 0 Å². The predicted octanol–water partition coefficient (Wildman–Crippen LogP) is 1.77. The molecule has 0 saturated heterocycles. The molecule has 0 aliphatic heterocycles. The minimum atomic E-state index is -0.299. The Labute approximate surface area is 86.6 Å². The van der Waals surface area contributed by atoms with Crippen molar-refractivity contribution >= 4 is 6.03 Å². The highest BCUT2D eigenvalue weighted by molar-refractivity contribution is 5.72. The standard InChI is InChI=1S/C10H23N3O/c1-9(2)7-5-3-4-6-8-12-10(14)13-11/h9H,3-8,11H2,1-2H3,(H2,12,13,14). The zero-order valence-electron chi connectivity index (χ0n) is 9.31. The predicted molar refractivity (Wildman–Crippen MR) is 58.6 cm³/mol. The van der Waals surface area contributed by atoms with Crippen LogP contribution < -0.4 is 16.6 Å². The van der Waals surface area contributed by atoms with Crippen molar-refractivity contribution in [1.29, 1.82) is 0 Å². The monoisotopic (exact) mass is 201 g/mol. The molecule has 84 valence electrons. The summed E-state index contributed by atoms with van der Waals surface area (Å²) in [4.78, 5) is 10.6. The van der Waals surface area contributed by atoms with Crippen LogP contribution in [0.15, 0.2) is 0 Å². The minimum absolute atomic E-state index is 0.299. The molecule has 0 aliphatic carbocycles. The Balaban J connectivity index is 3.03. The van der Waals surface area contributed by atoms with Gasteiger partial charge in [0.05, 0.1) is 0 Å². The fourth-order valence-corrected chi connectivity index (χ4v) is 1.28. The number of urea groups is 1. The van der Waals surface area contributed by atoms with Crippen molar-refractivity contribution < 1.29 is 4.79 Å². The Bertz CT molecular complexity index is 148. The summed E-state index contributed by atoms with van der Waals surface area (Å²) < 4.78 is 0. The fraction of sp³-hybridized carbons (Fsp3) is 0.900. The molecule has 0 unspecified atom stereocenters. The van der Waals surface area contributed by atoms with Crippen molar-refractivity contribution in [2.24, 2.45) is 11.8 Å². The topological polar surface area (TPSA) is 67.2 Å². The minimum Gasteiger partial charge on any atom is -0.337 e. The molecule has 0 aromatic rings. The third-order valence-corrected chi connectivity index (χ3v) is 2.12. The highest BCUT2D eigenvalue weighted by atomic mass is 16.2. The lowest BCUT2D eigenvalue weighted by Crippen LogP contribution is -2.40. The van der Waals surface area contributed by atoms with Crippen molar-refractivity contribution in [2.45, 2.75) is 46.0 Å². The second-order valence-corrected chi connectivity index (χ2v) is 4.00. The summed E-state index contributed by atoms with van der Waals surface area (Å²) in [6.45, 7) is 5.20. The Morgan fingerprint density at radius 3 is 2.43 bits per heavy atom. The molecule has 4 heteroatoms. The average molecular weight is 201 g/mol. The quantitative estimate of drug-likeness (QED) is 0.254. The molecule has 0 saturated carbocycles. The van der Waals surface area contributed by atoms with Crippen LogP contribution in [0.25, 0.3) is 0 Å². The van der Waals surface area contributed by atoms with E-state index in [-0.39, 0.29) is 6.03 Å². The SMILES string of the molecule is CC(C)CCCCCCNC(=O)NN. The van der Waals surface area contributed by atoms with E-state index in [4.69, 9.17) is 5.84 Å². The first kappa shape index (κ1) is 13.2. The molecule has 0 rings (SSSR count). The van der Waals surface area contributed by atoms with Gasteiger partial charge in [-0.2, -0.15) is 0 Å². The van der Waals surface area contributed by atoms with Crippen LogP contribution in [0.3, 0.4) is 0 Å². The molecule has 2 amide bonds. The summed E-state index contributed by atoms with van der Waals surface area (Å²) in [5.41, 5.74) is 2.03. The molecule has 0 spiro atoms. The Hall–Kier alpha value is -0.770. The van der Waals surface area contributed by atoms with Crippen molar-refractivity contribution in [2.75, 3.05) is 6.54 Å². The van der Waals surface area contributed by atoms with E-state index in [1.54, 1.807) is 0 Å². The Kier molecular flexibility index (Phi) is 8.33. The molecule has 0 bridgehead atoms. The zero-order valence-corrected chi connectivity index (χ0v) is 9.31. The average Bonchev–Trinajstić information content (AvgIpc) is 2.15. The van der Waals surface area contributed by atoms with Crippen LogP contribution in [-0.4, -0.2) is 12.6 Å². The van der Waals surface area contributed by atoms with E-state index < -0.39 is 0 Å². The van der Waals surface area contributed by atoms with Gasteiger partial charge < -0.3 is 5.32 Å². The molecule has 0 aromatic heterocycles. The van der Waals surface area contributed by atoms with Gasteiger partial charge in [-0.3, -0.25) is 5.43 Å². The lowest BCUT2D eigenvalue weighted by molar-refractivity contribution is 0.241. The summed E-state index contributed by atoms with van der Waals surface area (Å²) >= 11 is 0. The zero-order chi connectivity index (χ0) is 10.8. The van der Waals surface area contributed by atoms with Crippen LogP contribution in [0.1, 0.15) is 46.0 Å².